The summed E-state index contributed by atoms with van der Waals surface area (Å²) in [6.07, 6.45) is 0. The molecule has 0 heterocycles. The predicted molar refractivity (Wildman–Crippen MR) is 77.6 cm³/mol. The number of hydrogen-bond acceptors (Lipinski definition) is 2. The molecule has 0 amide bonds. The first kappa shape index (κ1) is 14.9. The van der Waals surface area contributed by atoms with Crippen molar-refractivity contribution in [2.75, 3.05) is 7.05 Å². The summed E-state index contributed by atoms with van der Waals surface area (Å²) in [6.45, 7) is 0.706. The van der Waals surface area contributed by atoms with Gasteiger partial charge in [0.15, 0.2) is 0 Å². The van der Waals surface area contributed by atoms with Crippen LogP contribution in [0.1, 0.15) is 11.1 Å². The van der Waals surface area contributed by atoms with Gasteiger partial charge in [-0.2, -0.15) is 0 Å². The minimum Gasteiger partial charge on any atom is -0.489 e. The molecule has 5 heteroatoms. The maximum absolute atomic E-state index is 13.7. The van der Waals surface area contributed by atoms with Gasteiger partial charge < -0.3 is 10.1 Å². The highest BCUT2D eigenvalue weighted by molar-refractivity contribution is 9.10. The Morgan fingerprint density at radius 3 is 2.65 bits per heavy atom. The summed E-state index contributed by atoms with van der Waals surface area (Å²) in [5.74, 6) is -0.380. The van der Waals surface area contributed by atoms with Gasteiger partial charge in [-0.3, -0.25) is 0 Å². The molecule has 0 spiro atoms. The van der Waals surface area contributed by atoms with Gasteiger partial charge in [0.1, 0.15) is 24.0 Å². The second-order valence-electron chi connectivity index (χ2n) is 4.35. The molecule has 0 aliphatic carbocycles. The molecule has 0 atom stereocenters. The lowest BCUT2D eigenvalue weighted by atomic mass is 10.1. The van der Waals surface area contributed by atoms with Crippen LogP contribution in [0.25, 0.3) is 0 Å². The lowest BCUT2D eigenvalue weighted by Gasteiger charge is -2.09. The van der Waals surface area contributed by atoms with Crippen molar-refractivity contribution >= 4 is 15.9 Å². The van der Waals surface area contributed by atoms with Crippen molar-refractivity contribution in [1.82, 2.24) is 5.32 Å². The Labute approximate surface area is 124 Å². The van der Waals surface area contributed by atoms with Gasteiger partial charge in [0, 0.05) is 22.6 Å². The molecule has 0 radical (unpaired) electrons. The van der Waals surface area contributed by atoms with Crippen LogP contribution in [-0.2, 0) is 13.2 Å². The molecule has 20 heavy (non-hydrogen) atoms. The number of ether oxygens (including phenoxy) is 1. The fourth-order valence-electron chi connectivity index (χ4n) is 1.83. The SMILES string of the molecule is CNCc1ccc(F)c(COc2cc(F)cc(Br)c2)c1. The zero-order valence-corrected chi connectivity index (χ0v) is 12.5. The van der Waals surface area contributed by atoms with Gasteiger partial charge in [0.2, 0.25) is 0 Å². The van der Waals surface area contributed by atoms with Gasteiger partial charge in [-0.05, 0) is 36.9 Å². The zero-order valence-electron chi connectivity index (χ0n) is 10.9. The summed E-state index contributed by atoms with van der Waals surface area (Å²) < 4.78 is 32.9. The molecule has 0 fully saturated rings. The van der Waals surface area contributed by atoms with Gasteiger partial charge in [-0.1, -0.05) is 22.0 Å². The van der Waals surface area contributed by atoms with Gasteiger partial charge in [-0.25, -0.2) is 8.78 Å². The second-order valence-corrected chi connectivity index (χ2v) is 5.27. The highest BCUT2D eigenvalue weighted by Gasteiger charge is 2.06. The van der Waals surface area contributed by atoms with Crippen LogP contribution in [0.4, 0.5) is 8.78 Å². The van der Waals surface area contributed by atoms with Crippen LogP contribution in [0, 0.1) is 11.6 Å². The Hall–Kier alpha value is -1.46. The minimum atomic E-state index is -0.404. The summed E-state index contributed by atoms with van der Waals surface area (Å²) in [5, 5.41) is 3.00. The van der Waals surface area contributed by atoms with Crippen molar-refractivity contribution < 1.29 is 13.5 Å². The van der Waals surface area contributed by atoms with Gasteiger partial charge >= 0.3 is 0 Å². The number of nitrogens with one attached hydrogen (secondary N) is 1. The van der Waals surface area contributed by atoms with Crippen LogP contribution in [-0.4, -0.2) is 7.05 Å². The molecule has 2 aromatic rings. The van der Waals surface area contributed by atoms with Crippen molar-refractivity contribution in [3.63, 3.8) is 0 Å². The Kier molecular flexibility index (Phi) is 5.09. The normalized spacial score (nSPS) is 10.6. The average Bonchev–Trinajstić information content (AvgIpc) is 2.38. The monoisotopic (exact) mass is 341 g/mol. The first-order valence-corrected chi connectivity index (χ1v) is 6.88. The van der Waals surface area contributed by atoms with Crippen molar-refractivity contribution in [1.29, 1.82) is 0 Å². The van der Waals surface area contributed by atoms with E-state index in [1.54, 1.807) is 18.2 Å². The first-order chi connectivity index (χ1) is 9.58. The smallest absolute Gasteiger partial charge is 0.129 e. The van der Waals surface area contributed by atoms with E-state index in [-0.39, 0.29) is 12.4 Å². The Morgan fingerprint density at radius 2 is 1.95 bits per heavy atom. The summed E-state index contributed by atoms with van der Waals surface area (Å²) in [6, 6.07) is 9.10. The number of halogens is 3. The lowest BCUT2D eigenvalue weighted by Crippen LogP contribution is -2.07. The van der Waals surface area contributed by atoms with Crippen LogP contribution >= 0.6 is 15.9 Å². The molecule has 0 saturated heterocycles. The highest BCUT2D eigenvalue weighted by atomic mass is 79.9. The van der Waals surface area contributed by atoms with Crippen LogP contribution in [0.15, 0.2) is 40.9 Å². The molecule has 2 nitrogen and oxygen atoms in total. The van der Waals surface area contributed by atoms with E-state index in [2.05, 4.69) is 21.2 Å². The fraction of sp³-hybridized carbons (Fsp3) is 0.200. The molecule has 0 saturated carbocycles. The molecule has 2 rings (SSSR count). The first-order valence-electron chi connectivity index (χ1n) is 6.09. The van der Waals surface area contributed by atoms with Gasteiger partial charge in [0.25, 0.3) is 0 Å². The third-order valence-corrected chi connectivity index (χ3v) is 3.18. The van der Waals surface area contributed by atoms with E-state index >= 15 is 0 Å². The summed E-state index contributed by atoms with van der Waals surface area (Å²) in [7, 11) is 1.82. The molecule has 1 N–H and O–H groups in total. The number of hydrogen-bond donors (Lipinski definition) is 1. The molecule has 2 aromatic carbocycles. The van der Waals surface area contributed by atoms with Crippen LogP contribution in [0.2, 0.25) is 0 Å². The molecule has 0 bridgehead atoms. The van der Waals surface area contributed by atoms with E-state index in [9.17, 15) is 8.78 Å². The highest BCUT2D eigenvalue weighted by Crippen LogP contribution is 2.22. The van der Waals surface area contributed by atoms with Crippen LogP contribution in [0.3, 0.4) is 0 Å². The largest absolute Gasteiger partial charge is 0.489 e. The standard InChI is InChI=1S/C15H14BrF2NO/c1-19-8-10-2-3-15(18)11(4-10)9-20-14-6-12(16)5-13(17)7-14/h2-7,19H,8-9H2,1H3. The maximum Gasteiger partial charge on any atom is 0.129 e. The molecule has 0 aliphatic rings. The van der Waals surface area contributed by atoms with Gasteiger partial charge in [0.05, 0.1) is 0 Å². The van der Waals surface area contributed by atoms with E-state index in [1.807, 2.05) is 7.05 Å². The molecule has 0 unspecified atom stereocenters. The minimum absolute atomic E-state index is 0.0548. The van der Waals surface area contributed by atoms with Crippen molar-refractivity contribution in [2.45, 2.75) is 13.2 Å². The van der Waals surface area contributed by atoms with E-state index in [0.29, 0.717) is 22.3 Å². The number of benzene rings is 2. The summed E-state index contributed by atoms with van der Waals surface area (Å²) in [5.41, 5.74) is 1.41. The lowest BCUT2D eigenvalue weighted by molar-refractivity contribution is 0.298. The van der Waals surface area contributed by atoms with E-state index < -0.39 is 5.82 Å². The predicted octanol–water partition coefficient (Wildman–Crippen LogP) is 4.03. The fourth-order valence-corrected chi connectivity index (χ4v) is 2.27. The second kappa shape index (κ2) is 6.81. The molecular formula is C15H14BrF2NO. The third-order valence-electron chi connectivity index (χ3n) is 2.72. The summed E-state index contributed by atoms with van der Waals surface area (Å²) >= 11 is 3.18. The van der Waals surface area contributed by atoms with Crippen LogP contribution in [0.5, 0.6) is 5.75 Å². The van der Waals surface area contributed by atoms with Crippen LogP contribution < -0.4 is 10.1 Å². The van der Waals surface area contributed by atoms with E-state index in [0.717, 1.165) is 5.56 Å². The Morgan fingerprint density at radius 1 is 1.15 bits per heavy atom. The average molecular weight is 342 g/mol. The molecular weight excluding hydrogens is 328 g/mol. The van der Waals surface area contributed by atoms with Crippen molar-refractivity contribution in [2.24, 2.45) is 0 Å². The Balaban J connectivity index is 2.11. The molecule has 0 aromatic heterocycles. The topological polar surface area (TPSA) is 21.3 Å². The van der Waals surface area contributed by atoms with E-state index in [1.165, 1.54) is 18.2 Å². The Bertz CT molecular complexity index is 584. The van der Waals surface area contributed by atoms with Crippen molar-refractivity contribution in [3.05, 3.63) is 63.6 Å². The molecule has 106 valence electrons. The van der Waals surface area contributed by atoms with Gasteiger partial charge in [-0.15, -0.1) is 0 Å². The quantitative estimate of drug-likeness (QED) is 0.886. The van der Waals surface area contributed by atoms with E-state index in [4.69, 9.17) is 4.74 Å². The molecule has 0 aliphatic heterocycles. The number of rotatable bonds is 5. The zero-order chi connectivity index (χ0) is 14.5. The third kappa shape index (κ3) is 4.02. The van der Waals surface area contributed by atoms with Crippen molar-refractivity contribution in [3.8, 4) is 5.75 Å². The maximum atomic E-state index is 13.7. The summed E-state index contributed by atoms with van der Waals surface area (Å²) in [4.78, 5) is 0.